The van der Waals surface area contributed by atoms with Crippen LogP contribution in [0.3, 0.4) is 0 Å². The van der Waals surface area contributed by atoms with Crippen molar-refractivity contribution in [2.75, 3.05) is 5.43 Å². The molecular formula is C19H16ClN5O. The summed E-state index contributed by atoms with van der Waals surface area (Å²) >= 11 is 5.86. The van der Waals surface area contributed by atoms with Gasteiger partial charge in [0.25, 0.3) is 5.91 Å². The molecule has 2 N–H and O–H groups in total. The molecule has 0 radical (unpaired) electrons. The molecule has 0 fully saturated rings. The topological polar surface area (TPSA) is 71.3 Å². The summed E-state index contributed by atoms with van der Waals surface area (Å²) in [4.78, 5) is 21.5. The molecule has 6 nitrogen and oxygen atoms in total. The van der Waals surface area contributed by atoms with E-state index in [1.54, 1.807) is 24.3 Å². The van der Waals surface area contributed by atoms with Crippen molar-refractivity contribution >= 4 is 46.1 Å². The Morgan fingerprint density at radius 3 is 2.73 bits per heavy atom. The highest BCUT2D eigenvalue weighted by Crippen LogP contribution is 2.24. The van der Waals surface area contributed by atoms with E-state index in [0.29, 0.717) is 10.8 Å². The zero-order valence-electron chi connectivity index (χ0n) is 13.8. The van der Waals surface area contributed by atoms with Crippen LogP contribution in [0.15, 0.2) is 59.6 Å². The zero-order valence-corrected chi connectivity index (χ0v) is 14.6. The third kappa shape index (κ3) is 3.32. The fraction of sp³-hybridized carbons (Fsp3) is 0.105. The molecule has 2 heterocycles. The van der Waals surface area contributed by atoms with E-state index in [2.05, 4.69) is 20.8 Å². The van der Waals surface area contributed by atoms with Crippen molar-refractivity contribution in [2.45, 2.75) is 13.0 Å². The van der Waals surface area contributed by atoms with E-state index in [-0.39, 0.29) is 12.5 Å². The second-order valence-corrected chi connectivity index (χ2v) is 6.26. The molecule has 4 rings (SSSR count). The fourth-order valence-electron chi connectivity index (χ4n) is 2.81. The molecular weight excluding hydrogens is 350 g/mol. The average Bonchev–Trinajstić information content (AvgIpc) is 3.30. The molecule has 1 aromatic heterocycles. The first-order valence-corrected chi connectivity index (χ1v) is 8.57. The Hall–Kier alpha value is -3.12. The summed E-state index contributed by atoms with van der Waals surface area (Å²) in [5.74, 6) is 0.508. The van der Waals surface area contributed by atoms with Crippen LogP contribution in [0.4, 0.5) is 5.69 Å². The first kappa shape index (κ1) is 16.4. The van der Waals surface area contributed by atoms with E-state index in [9.17, 15) is 4.79 Å². The maximum Gasteiger partial charge on any atom is 0.258 e. The summed E-state index contributed by atoms with van der Waals surface area (Å²) in [6.07, 6.45) is 4.62. The third-order valence-corrected chi connectivity index (χ3v) is 4.27. The maximum atomic E-state index is 12.5. The van der Waals surface area contributed by atoms with Gasteiger partial charge in [0.05, 0.1) is 16.7 Å². The molecule has 1 amide bonds. The first-order valence-electron chi connectivity index (χ1n) is 8.19. The fourth-order valence-corrected chi connectivity index (χ4v) is 2.93. The van der Waals surface area contributed by atoms with Gasteiger partial charge >= 0.3 is 0 Å². The molecule has 0 bridgehead atoms. The number of para-hydroxylation sites is 2. The van der Waals surface area contributed by atoms with Crippen molar-refractivity contribution in [3.8, 4) is 0 Å². The normalized spacial score (nSPS) is 13.0. The van der Waals surface area contributed by atoms with Gasteiger partial charge in [-0.15, -0.1) is 0 Å². The number of nitrogens with zero attached hydrogens (tertiary/aromatic N) is 3. The number of aliphatic imine (C=N–C) groups is 1. The molecule has 26 heavy (non-hydrogen) atoms. The summed E-state index contributed by atoms with van der Waals surface area (Å²) in [5.41, 5.74) is 8.86. The molecule has 130 valence electrons. The number of hydrogen-bond acceptors (Lipinski definition) is 4. The van der Waals surface area contributed by atoms with Gasteiger partial charge in [0.1, 0.15) is 12.2 Å². The first-order chi connectivity index (χ1) is 12.7. The number of hydrazine groups is 1. The van der Waals surface area contributed by atoms with Crippen LogP contribution in [0.2, 0.25) is 5.02 Å². The lowest BCUT2D eigenvalue weighted by Crippen LogP contribution is -2.32. The van der Waals surface area contributed by atoms with E-state index in [0.717, 1.165) is 28.8 Å². The van der Waals surface area contributed by atoms with Crippen LogP contribution in [0, 0.1) is 0 Å². The van der Waals surface area contributed by atoms with Crippen LogP contribution in [0.1, 0.15) is 12.2 Å². The molecule has 2 aromatic carbocycles. The van der Waals surface area contributed by atoms with Gasteiger partial charge in [-0.1, -0.05) is 23.7 Å². The van der Waals surface area contributed by atoms with Crippen LogP contribution in [0.5, 0.6) is 0 Å². The van der Waals surface area contributed by atoms with Crippen LogP contribution in [0.25, 0.3) is 16.7 Å². The second kappa shape index (κ2) is 7.01. The lowest BCUT2D eigenvalue weighted by Gasteiger charge is -2.11. The Bertz CT molecular complexity index is 1020. The summed E-state index contributed by atoms with van der Waals surface area (Å²) in [6, 6.07) is 14.8. The number of nitrogens with one attached hydrogen (secondary N) is 2. The molecule has 3 aromatic rings. The smallest absolute Gasteiger partial charge is 0.258 e. The number of anilines is 1. The van der Waals surface area contributed by atoms with E-state index in [1.165, 1.54) is 0 Å². The van der Waals surface area contributed by atoms with E-state index in [1.807, 2.05) is 41.1 Å². The lowest BCUT2D eigenvalue weighted by molar-refractivity contribution is -0.121. The molecule has 7 heteroatoms. The largest absolute Gasteiger partial charge is 0.313 e. The van der Waals surface area contributed by atoms with Crippen LogP contribution >= 0.6 is 11.6 Å². The van der Waals surface area contributed by atoms with Crippen LogP contribution in [-0.4, -0.2) is 21.7 Å². The highest BCUT2D eigenvalue weighted by Gasteiger charge is 2.17. The molecule has 0 saturated carbocycles. The van der Waals surface area contributed by atoms with Gasteiger partial charge in [-0.05, 0) is 42.5 Å². The monoisotopic (exact) mass is 365 g/mol. The third-order valence-electron chi connectivity index (χ3n) is 4.02. The molecule has 0 unspecified atom stereocenters. The highest BCUT2D eigenvalue weighted by molar-refractivity contribution is 6.30. The summed E-state index contributed by atoms with van der Waals surface area (Å²) in [7, 11) is 0. The van der Waals surface area contributed by atoms with Gasteiger partial charge in [0.2, 0.25) is 0 Å². The molecule has 0 aliphatic carbocycles. The summed E-state index contributed by atoms with van der Waals surface area (Å²) in [6.45, 7) is 0.128. The lowest BCUT2D eigenvalue weighted by atomic mass is 10.3. The minimum Gasteiger partial charge on any atom is -0.313 e. The van der Waals surface area contributed by atoms with Crippen LogP contribution < -0.4 is 10.9 Å². The Morgan fingerprint density at radius 1 is 1.15 bits per heavy atom. The van der Waals surface area contributed by atoms with Crippen molar-refractivity contribution in [3.63, 3.8) is 0 Å². The molecule has 1 aliphatic rings. The van der Waals surface area contributed by atoms with Crippen molar-refractivity contribution in [1.82, 2.24) is 15.0 Å². The Labute approximate surface area is 155 Å². The summed E-state index contributed by atoms with van der Waals surface area (Å²) < 4.78 is 1.88. The number of aromatic nitrogens is 2. The standard InChI is InChI=1S/C19H16ClN5O/c20-13-7-9-14(10-8-13)23-24-18(26)12-25-17-6-2-1-4-15(17)22-19(25)16-5-3-11-21-16/h1-2,4-11,23H,3,12H2,(H,24,26). The number of imidazole rings is 1. The average molecular weight is 366 g/mol. The number of hydrogen-bond donors (Lipinski definition) is 2. The summed E-state index contributed by atoms with van der Waals surface area (Å²) in [5, 5.41) is 0.641. The van der Waals surface area contributed by atoms with Crippen molar-refractivity contribution < 1.29 is 4.79 Å². The number of allylic oxidation sites excluding steroid dienone is 1. The number of rotatable bonds is 5. The molecule has 1 aliphatic heterocycles. The maximum absolute atomic E-state index is 12.5. The second-order valence-electron chi connectivity index (χ2n) is 5.83. The minimum atomic E-state index is -0.188. The van der Waals surface area contributed by atoms with Crippen molar-refractivity contribution in [1.29, 1.82) is 0 Å². The highest BCUT2D eigenvalue weighted by atomic mass is 35.5. The molecule has 0 saturated heterocycles. The minimum absolute atomic E-state index is 0.128. The Balaban J connectivity index is 1.55. The van der Waals surface area contributed by atoms with Gasteiger partial charge in [0.15, 0.2) is 5.82 Å². The van der Waals surface area contributed by atoms with Gasteiger partial charge in [-0.2, -0.15) is 0 Å². The number of benzene rings is 2. The van der Waals surface area contributed by atoms with Gasteiger partial charge in [0, 0.05) is 17.7 Å². The Morgan fingerprint density at radius 2 is 1.96 bits per heavy atom. The molecule has 0 spiro atoms. The van der Waals surface area contributed by atoms with E-state index < -0.39 is 0 Å². The van der Waals surface area contributed by atoms with E-state index >= 15 is 0 Å². The van der Waals surface area contributed by atoms with Gasteiger partial charge < -0.3 is 4.57 Å². The SMILES string of the molecule is O=C(Cn1c(C2=CCC=N2)nc2ccccc21)NNc1ccc(Cl)cc1. The van der Waals surface area contributed by atoms with Crippen molar-refractivity contribution in [3.05, 3.63) is 65.5 Å². The molecule has 0 atom stereocenters. The number of carbonyl (C=O) groups is 1. The quantitative estimate of drug-likeness (QED) is 0.678. The number of amides is 1. The predicted octanol–water partition coefficient (Wildman–Crippen LogP) is 3.65. The van der Waals surface area contributed by atoms with Gasteiger partial charge in [-0.25, -0.2) is 4.98 Å². The van der Waals surface area contributed by atoms with E-state index in [4.69, 9.17) is 11.6 Å². The van der Waals surface area contributed by atoms with Crippen molar-refractivity contribution in [2.24, 2.45) is 4.99 Å². The van der Waals surface area contributed by atoms with Gasteiger partial charge in [-0.3, -0.25) is 20.6 Å². The zero-order chi connectivity index (χ0) is 17.9. The number of halogens is 1. The Kier molecular flexibility index (Phi) is 4.41. The number of carbonyl (C=O) groups excluding carboxylic acids is 1. The van der Waals surface area contributed by atoms with Crippen LogP contribution in [-0.2, 0) is 11.3 Å². The predicted molar refractivity (Wildman–Crippen MR) is 104 cm³/mol. The number of fused-ring (bicyclic) bond motifs is 1.